The molecule has 0 radical (unpaired) electrons. The normalized spacial score (nSPS) is 29.8. The average Bonchev–Trinajstić information content (AvgIpc) is 2.54. The molecule has 0 bridgehead atoms. The Labute approximate surface area is 124 Å². The third-order valence-electron chi connectivity index (χ3n) is 5.87. The van der Waals surface area contributed by atoms with E-state index >= 15 is 0 Å². The van der Waals surface area contributed by atoms with Crippen LogP contribution in [0.25, 0.3) is 6.08 Å². The molecular weight excluding hydrogens is 240 g/mol. The molecule has 1 atom stereocenters. The highest BCUT2D eigenvalue weighted by Gasteiger charge is 2.29. The first-order valence-corrected chi connectivity index (χ1v) is 8.54. The van der Waals surface area contributed by atoms with Gasteiger partial charge in [-0.15, -0.1) is 0 Å². The molecule has 1 aromatic carbocycles. The smallest absolute Gasteiger partial charge is 0.0245 e. The lowest BCUT2D eigenvalue weighted by Gasteiger charge is -2.36. The van der Waals surface area contributed by atoms with Crippen LogP contribution in [0.2, 0.25) is 0 Å². The molecule has 2 aliphatic rings. The zero-order valence-electron chi connectivity index (χ0n) is 12.9. The van der Waals surface area contributed by atoms with Gasteiger partial charge in [0.15, 0.2) is 0 Å². The monoisotopic (exact) mass is 268 g/mol. The van der Waals surface area contributed by atoms with Gasteiger partial charge in [-0.2, -0.15) is 0 Å². The number of rotatable bonds is 3. The lowest BCUT2D eigenvalue weighted by Crippen LogP contribution is -2.26. The topological polar surface area (TPSA) is 0 Å². The Morgan fingerprint density at radius 2 is 1.85 bits per heavy atom. The predicted octanol–water partition coefficient (Wildman–Crippen LogP) is 5.65. The van der Waals surface area contributed by atoms with Crippen LogP contribution in [-0.2, 0) is 12.8 Å². The Balaban J connectivity index is 1.65. The molecule has 0 saturated heterocycles. The zero-order chi connectivity index (χ0) is 13.9. The summed E-state index contributed by atoms with van der Waals surface area (Å²) in [6.45, 7) is 6.24. The zero-order valence-corrected chi connectivity index (χ0v) is 12.9. The van der Waals surface area contributed by atoms with E-state index in [1.54, 1.807) is 11.1 Å². The van der Waals surface area contributed by atoms with Gasteiger partial charge in [0, 0.05) is 0 Å². The van der Waals surface area contributed by atoms with Crippen LogP contribution in [0.1, 0.15) is 62.1 Å². The Morgan fingerprint density at radius 3 is 2.55 bits per heavy atom. The Bertz CT molecular complexity index is 463. The maximum atomic E-state index is 3.88. The fourth-order valence-corrected chi connectivity index (χ4v) is 4.40. The molecular formula is C20H28. The van der Waals surface area contributed by atoms with Crippen LogP contribution in [0.4, 0.5) is 0 Å². The van der Waals surface area contributed by atoms with Gasteiger partial charge in [0.25, 0.3) is 0 Å². The van der Waals surface area contributed by atoms with Crippen LogP contribution in [0, 0.1) is 17.8 Å². The minimum absolute atomic E-state index is 0.954. The van der Waals surface area contributed by atoms with Crippen LogP contribution in [0.15, 0.2) is 24.8 Å². The van der Waals surface area contributed by atoms with E-state index in [0.29, 0.717) is 0 Å². The number of aryl methyl sites for hydroxylation is 1. The Hall–Kier alpha value is -1.04. The van der Waals surface area contributed by atoms with Crippen LogP contribution in [-0.4, -0.2) is 0 Å². The molecule has 3 rings (SSSR count). The molecule has 0 aliphatic heterocycles. The van der Waals surface area contributed by atoms with E-state index in [1.165, 1.54) is 56.9 Å². The molecule has 0 amide bonds. The van der Waals surface area contributed by atoms with E-state index in [1.807, 2.05) is 6.08 Å². The number of hydrogen-bond acceptors (Lipinski definition) is 0. The van der Waals surface area contributed by atoms with Crippen molar-refractivity contribution >= 4 is 6.08 Å². The summed E-state index contributed by atoms with van der Waals surface area (Å²) in [4.78, 5) is 0. The molecule has 0 aromatic heterocycles. The van der Waals surface area contributed by atoms with Crippen LogP contribution >= 0.6 is 0 Å². The average molecular weight is 268 g/mol. The van der Waals surface area contributed by atoms with E-state index in [9.17, 15) is 0 Å². The van der Waals surface area contributed by atoms with E-state index in [2.05, 4.69) is 31.7 Å². The largest absolute Gasteiger partial charge is 0.0985 e. The predicted molar refractivity (Wildman–Crippen MR) is 87.8 cm³/mol. The second-order valence-corrected chi connectivity index (χ2v) is 6.92. The summed E-state index contributed by atoms with van der Waals surface area (Å²) in [6, 6.07) is 6.95. The van der Waals surface area contributed by atoms with Gasteiger partial charge in [-0.25, -0.2) is 0 Å². The van der Waals surface area contributed by atoms with E-state index < -0.39 is 0 Å². The maximum absolute atomic E-state index is 3.88. The maximum Gasteiger partial charge on any atom is -0.0245 e. The standard InChI is InChI=1S/C20H28/c1-3-15-5-8-17(9-6-15)19-12-11-18-13-16(4-2)7-10-20(18)14-19/h4,7,10,13,15,17,19H,2-3,5-6,8-9,11-12,14H2,1H3. The lowest BCUT2D eigenvalue weighted by atomic mass is 9.69. The number of benzene rings is 1. The second kappa shape index (κ2) is 6.16. The molecule has 0 spiro atoms. The van der Waals surface area contributed by atoms with Gasteiger partial charge >= 0.3 is 0 Å². The van der Waals surface area contributed by atoms with E-state index in [4.69, 9.17) is 0 Å². The van der Waals surface area contributed by atoms with Gasteiger partial charge in [0.1, 0.15) is 0 Å². The summed E-state index contributed by atoms with van der Waals surface area (Å²) in [5.74, 6) is 2.98. The van der Waals surface area contributed by atoms with Gasteiger partial charge in [0.05, 0.1) is 0 Å². The molecule has 0 nitrogen and oxygen atoms in total. The summed E-state index contributed by atoms with van der Waals surface area (Å²) in [5, 5.41) is 0. The molecule has 1 fully saturated rings. The van der Waals surface area contributed by atoms with Crippen LogP contribution in [0.5, 0.6) is 0 Å². The molecule has 0 heterocycles. The van der Waals surface area contributed by atoms with Gasteiger partial charge < -0.3 is 0 Å². The second-order valence-electron chi connectivity index (χ2n) is 6.92. The van der Waals surface area contributed by atoms with Gasteiger partial charge in [0.2, 0.25) is 0 Å². The van der Waals surface area contributed by atoms with Crippen molar-refractivity contribution in [2.45, 2.75) is 58.3 Å². The Morgan fingerprint density at radius 1 is 1.05 bits per heavy atom. The van der Waals surface area contributed by atoms with Crippen molar-refractivity contribution in [3.8, 4) is 0 Å². The first kappa shape index (κ1) is 13.9. The molecule has 1 unspecified atom stereocenters. The molecule has 1 saturated carbocycles. The quantitative estimate of drug-likeness (QED) is 0.664. The molecule has 20 heavy (non-hydrogen) atoms. The van der Waals surface area contributed by atoms with Crippen LogP contribution < -0.4 is 0 Å². The van der Waals surface area contributed by atoms with Crippen molar-refractivity contribution in [3.05, 3.63) is 41.5 Å². The van der Waals surface area contributed by atoms with Crippen molar-refractivity contribution < 1.29 is 0 Å². The van der Waals surface area contributed by atoms with E-state index in [0.717, 1.165) is 17.8 Å². The van der Waals surface area contributed by atoms with Gasteiger partial charge in [-0.3, -0.25) is 0 Å². The number of fused-ring (bicyclic) bond motifs is 1. The molecule has 2 aliphatic carbocycles. The molecule has 0 heteroatoms. The molecule has 108 valence electrons. The van der Waals surface area contributed by atoms with Crippen molar-refractivity contribution in [3.63, 3.8) is 0 Å². The SMILES string of the molecule is C=Cc1ccc2c(c1)CCC(C1CCC(CC)CC1)C2. The van der Waals surface area contributed by atoms with Crippen molar-refractivity contribution in [1.29, 1.82) is 0 Å². The van der Waals surface area contributed by atoms with Crippen molar-refractivity contribution in [2.24, 2.45) is 17.8 Å². The lowest BCUT2D eigenvalue weighted by molar-refractivity contribution is 0.187. The summed E-state index contributed by atoms with van der Waals surface area (Å²) >= 11 is 0. The first-order valence-electron chi connectivity index (χ1n) is 8.54. The fraction of sp³-hybridized carbons (Fsp3) is 0.600. The summed E-state index contributed by atoms with van der Waals surface area (Å²) in [7, 11) is 0. The molecule has 0 N–H and O–H groups in total. The number of hydrogen-bond donors (Lipinski definition) is 0. The van der Waals surface area contributed by atoms with Crippen LogP contribution in [0.3, 0.4) is 0 Å². The third kappa shape index (κ3) is 2.85. The van der Waals surface area contributed by atoms with Crippen molar-refractivity contribution in [2.75, 3.05) is 0 Å². The Kier molecular flexibility index (Phi) is 4.29. The summed E-state index contributed by atoms with van der Waals surface area (Å²) < 4.78 is 0. The minimum Gasteiger partial charge on any atom is -0.0985 e. The fourth-order valence-electron chi connectivity index (χ4n) is 4.40. The molecule has 1 aromatic rings. The highest BCUT2D eigenvalue weighted by molar-refractivity contribution is 5.50. The third-order valence-corrected chi connectivity index (χ3v) is 5.87. The first-order chi connectivity index (χ1) is 9.80. The highest BCUT2D eigenvalue weighted by Crippen LogP contribution is 2.40. The highest BCUT2D eigenvalue weighted by atomic mass is 14.3. The van der Waals surface area contributed by atoms with Gasteiger partial charge in [-0.05, 0) is 66.5 Å². The summed E-state index contributed by atoms with van der Waals surface area (Å²) in [5.41, 5.74) is 4.48. The minimum atomic E-state index is 0.954. The summed E-state index contributed by atoms with van der Waals surface area (Å²) in [6.07, 6.45) is 13.3. The van der Waals surface area contributed by atoms with Crippen molar-refractivity contribution in [1.82, 2.24) is 0 Å². The van der Waals surface area contributed by atoms with E-state index in [-0.39, 0.29) is 0 Å². The van der Waals surface area contributed by atoms with Gasteiger partial charge in [-0.1, -0.05) is 57.0 Å².